The smallest absolute Gasteiger partial charge is 0.305 e. The van der Waals surface area contributed by atoms with E-state index in [1.54, 1.807) is 0 Å². The first-order chi connectivity index (χ1) is 10.4. The molecule has 0 saturated carbocycles. The van der Waals surface area contributed by atoms with Crippen LogP contribution in [0.3, 0.4) is 0 Å². The molecule has 0 aromatic carbocycles. The topological polar surface area (TPSA) is 55.8 Å². The molecule has 0 aliphatic carbocycles. The molecular weight excluding hydrogens is 298 g/mol. The highest BCUT2D eigenvalue weighted by atomic mass is 28.3. The molecule has 5 nitrogen and oxygen atoms in total. The average molecular weight is 330 g/mol. The lowest BCUT2D eigenvalue weighted by Crippen LogP contribution is -2.25. The largest absolute Gasteiger partial charge is 0.466 e. The number of carbonyl (C=O) groups is 2. The third-order valence-corrected chi connectivity index (χ3v) is 5.45. The molecule has 128 valence electrons. The van der Waals surface area contributed by atoms with Gasteiger partial charge in [0.05, 0.1) is 6.61 Å². The van der Waals surface area contributed by atoms with Crippen LogP contribution >= 0.6 is 0 Å². The van der Waals surface area contributed by atoms with Crippen LogP contribution in [0.25, 0.3) is 0 Å². The van der Waals surface area contributed by atoms with Crippen LogP contribution in [0.1, 0.15) is 32.1 Å². The molecule has 0 aromatic heterocycles. The molecule has 0 amide bonds. The predicted molar refractivity (Wildman–Crippen MR) is 89.6 cm³/mol. The number of rotatable bonds is 10. The van der Waals surface area contributed by atoms with Crippen LogP contribution in [0.2, 0.25) is 25.7 Å². The van der Waals surface area contributed by atoms with Crippen molar-refractivity contribution in [3.8, 4) is 0 Å². The van der Waals surface area contributed by atoms with Crippen molar-refractivity contribution < 1.29 is 19.1 Å². The normalized spacial score (nSPS) is 15.8. The second-order valence-corrected chi connectivity index (χ2v) is 12.8. The minimum atomic E-state index is -1.15. The minimum Gasteiger partial charge on any atom is -0.466 e. The SMILES string of the molecule is C[Si](C)(C)CCOC(=O)CCCC(=O)OCCN1CCCC1. The summed E-state index contributed by atoms with van der Waals surface area (Å²) in [5, 5.41) is 0. The van der Waals surface area contributed by atoms with Crippen LogP contribution in [0, 0.1) is 0 Å². The van der Waals surface area contributed by atoms with E-state index in [2.05, 4.69) is 24.5 Å². The minimum absolute atomic E-state index is 0.205. The van der Waals surface area contributed by atoms with Crippen molar-refractivity contribution in [1.29, 1.82) is 0 Å². The van der Waals surface area contributed by atoms with Gasteiger partial charge in [-0.3, -0.25) is 14.5 Å². The summed E-state index contributed by atoms with van der Waals surface area (Å²) < 4.78 is 10.4. The van der Waals surface area contributed by atoms with Gasteiger partial charge < -0.3 is 9.47 Å². The zero-order valence-electron chi connectivity index (χ0n) is 14.4. The van der Waals surface area contributed by atoms with Gasteiger partial charge in [-0.1, -0.05) is 19.6 Å². The zero-order chi connectivity index (χ0) is 16.4. The molecule has 1 aliphatic heterocycles. The van der Waals surface area contributed by atoms with Gasteiger partial charge in [0.15, 0.2) is 0 Å². The molecule has 0 unspecified atom stereocenters. The number of hydrogen-bond acceptors (Lipinski definition) is 5. The number of likely N-dealkylation sites (tertiary alicyclic amines) is 1. The first-order valence-electron chi connectivity index (χ1n) is 8.40. The van der Waals surface area contributed by atoms with Crippen LogP contribution in [0.4, 0.5) is 0 Å². The Bertz CT molecular complexity index is 349. The quantitative estimate of drug-likeness (QED) is 0.455. The van der Waals surface area contributed by atoms with Gasteiger partial charge in [-0.15, -0.1) is 0 Å². The van der Waals surface area contributed by atoms with Gasteiger partial charge in [0.1, 0.15) is 6.61 Å². The zero-order valence-corrected chi connectivity index (χ0v) is 15.4. The van der Waals surface area contributed by atoms with E-state index in [9.17, 15) is 9.59 Å². The van der Waals surface area contributed by atoms with Crippen molar-refractivity contribution in [3.05, 3.63) is 0 Å². The van der Waals surface area contributed by atoms with E-state index in [1.165, 1.54) is 12.8 Å². The molecule has 0 spiro atoms. The standard InChI is InChI=1S/C16H31NO4Si/c1-22(2,3)14-13-21-16(19)8-6-7-15(18)20-12-11-17-9-4-5-10-17/h4-14H2,1-3H3. The Balaban J connectivity index is 1.96. The van der Waals surface area contributed by atoms with Gasteiger partial charge in [-0.05, 0) is 38.4 Å². The summed E-state index contributed by atoms with van der Waals surface area (Å²) in [7, 11) is -1.15. The fourth-order valence-electron chi connectivity index (χ4n) is 2.29. The molecule has 1 rings (SSSR count). The monoisotopic (exact) mass is 329 g/mol. The fourth-order valence-corrected chi connectivity index (χ4v) is 3.00. The maximum Gasteiger partial charge on any atom is 0.305 e. The van der Waals surface area contributed by atoms with Gasteiger partial charge in [0, 0.05) is 27.5 Å². The molecule has 0 radical (unpaired) electrons. The summed E-state index contributed by atoms with van der Waals surface area (Å²) in [4.78, 5) is 25.4. The van der Waals surface area contributed by atoms with Gasteiger partial charge >= 0.3 is 11.9 Å². The summed E-state index contributed by atoms with van der Waals surface area (Å²) >= 11 is 0. The summed E-state index contributed by atoms with van der Waals surface area (Å²) in [5.74, 6) is -0.419. The number of ether oxygens (including phenoxy) is 2. The summed E-state index contributed by atoms with van der Waals surface area (Å²) in [6.07, 6.45) is 3.59. The van der Waals surface area contributed by atoms with Gasteiger partial charge in [-0.25, -0.2) is 0 Å². The Kier molecular flexibility index (Phi) is 8.71. The molecule has 0 atom stereocenters. The molecular formula is C16H31NO4Si. The highest BCUT2D eigenvalue weighted by Gasteiger charge is 2.14. The molecule has 1 heterocycles. The number of esters is 2. The molecule has 22 heavy (non-hydrogen) atoms. The van der Waals surface area contributed by atoms with Crippen LogP contribution in [-0.2, 0) is 19.1 Å². The number of carbonyl (C=O) groups excluding carboxylic acids is 2. The second kappa shape index (κ2) is 10.00. The van der Waals surface area contributed by atoms with Crippen molar-refractivity contribution in [2.75, 3.05) is 32.8 Å². The van der Waals surface area contributed by atoms with Crippen LogP contribution < -0.4 is 0 Å². The van der Waals surface area contributed by atoms with E-state index < -0.39 is 8.07 Å². The maximum atomic E-state index is 11.6. The Morgan fingerprint density at radius 3 is 2.05 bits per heavy atom. The van der Waals surface area contributed by atoms with Crippen LogP contribution in [0.15, 0.2) is 0 Å². The molecule has 0 N–H and O–H groups in total. The van der Waals surface area contributed by atoms with Gasteiger partial charge in [0.2, 0.25) is 0 Å². The molecule has 1 saturated heterocycles. The van der Waals surface area contributed by atoms with Crippen molar-refractivity contribution in [3.63, 3.8) is 0 Å². The lowest BCUT2D eigenvalue weighted by Gasteiger charge is -2.15. The first kappa shape index (κ1) is 19.2. The summed E-state index contributed by atoms with van der Waals surface area (Å²) in [5.41, 5.74) is 0. The number of hydrogen-bond donors (Lipinski definition) is 0. The van der Waals surface area contributed by atoms with Crippen molar-refractivity contribution in [1.82, 2.24) is 4.90 Å². The fraction of sp³-hybridized carbons (Fsp3) is 0.875. The van der Waals surface area contributed by atoms with Crippen molar-refractivity contribution in [2.45, 2.75) is 57.8 Å². The highest BCUT2D eigenvalue weighted by Crippen LogP contribution is 2.09. The molecule has 1 fully saturated rings. The third kappa shape index (κ3) is 9.95. The Morgan fingerprint density at radius 1 is 0.955 bits per heavy atom. The van der Waals surface area contributed by atoms with Crippen molar-refractivity contribution in [2.24, 2.45) is 0 Å². The van der Waals surface area contributed by atoms with Crippen molar-refractivity contribution >= 4 is 20.0 Å². The summed E-state index contributed by atoms with van der Waals surface area (Å²) in [6.45, 7) is 10.8. The lowest BCUT2D eigenvalue weighted by atomic mass is 10.2. The van der Waals surface area contributed by atoms with E-state index in [1.807, 2.05) is 0 Å². The molecule has 0 aromatic rings. The summed E-state index contributed by atoms with van der Waals surface area (Å²) in [6, 6.07) is 0.983. The third-order valence-electron chi connectivity index (χ3n) is 3.75. The maximum absolute atomic E-state index is 11.6. The Hall–Kier alpha value is -0.883. The molecule has 0 bridgehead atoms. The van der Waals surface area contributed by atoms with Crippen LogP contribution in [0.5, 0.6) is 0 Å². The number of nitrogens with zero attached hydrogens (tertiary/aromatic N) is 1. The first-order valence-corrected chi connectivity index (χ1v) is 12.1. The lowest BCUT2D eigenvalue weighted by molar-refractivity contribution is -0.145. The van der Waals surface area contributed by atoms with Crippen LogP contribution in [-0.4, -0.2) is 57.8 Å². The van der Waals surface area contributed by atoms with E-state index >= 15 is 0 Å². The average Bonchev–Trinajstić information content (AvgIpc) is 2.90. The highest BCUT2D eigenvalue weighted by molar-refractivity contribution is 6.76. The van der Waals surface area contributed by atoms with E-state index in [0.29, 0.717) is 32.5 Å². The van der Waals surface area contributed by atoms with E-state index in [0.717, 1.165) is 25.7 Å². The predicted octanol–water partition coefficient (Wildman–Crippen LogP) is 2.68. The molecule has 6 heteroatoms. The van der Waals surface area contributed by atoms with Gasteiger partial charge in [0.25, 0.3) is 0 Å². The second-order valence-electron chi connectivity index (χ2n) is 7.15. The van der Waals surface area contributed by atoms with E-state index in [-0.39, 0.29) is 11.9 Å². The van der Waals surface area contributed by atoms with E-state index in [4.69, 9.17) is 9.47 Å². The van der Waals surface area contributed by atoms with Gasteiger partial charge in [-0.2, -0.15) is 0 Å². The Morgan fingerprint density at radius 2 is 1.50 bits per heavy atom. The Labute approximate surface area is 135 Å². The molecule has 1 aliphatic rings.